The van der Waals surface area contributed by atoms with Crippen molar-refractivity contribution in [1.82, 2.24) is 10.2 Å². The topological polar surface area (TPSA) is 88.1 Å². The molecule has 1 saturated carbocycles. The number of amides is 2. The van der Waals surface area contributed by atoms with Gasteiger partial charge in [-0.3, -0.25) is 0 Å². The van der Waals surface area contributed by atoms with Crippen molar-refractivity contribution in [3.63, 3.8) is 0 Å². The van der Waals surface area contributed by atoms with Crippen molar-refractivity contribution in [2.24, 2.45) is 0 Å². The van der Waals surface area contributed by atoms with E-state index in [0.717, 1.165) is 41.9 Å². The quantitative estimate of drug-likeness (QED) is 0.407. The van der Waals surface area contributed by atoms with Gasteiger partial charge in [0.1, 0.15) is 17.0 Å². The van der Waals surface area contributed by atoms with Crippen LogP contribution in [0, 0.1) is 6.92 Å². The van der Waals surface area contributed by atoms with E-state index in [0.29, 0.717) is 39.1 Å². The Morgan fingerprint density at radius 3 is 2.15 bits per heavy atom. The molecule has 3 rings (SSSR count). The summed E-state index contributed by atoms with van der Waals surface area (Å²) in [5.74, 6) is 0.492. The number of carboxylic acids is 1. The first-order valence-corrected chi connectivity index (χ1v) is 12.1. The van der Waals surface area contributed by atoms with Crippen LogP contribution in [-0.2, 0) is 17.8 Å². The van der Waals surface area contributed by atoms with Gasteiger partial charge >= 0.3 is 12.0 Å². The standard InChI is InChI=1S/C27H36N2O5/c1-4-33-23-17-22(18-24(20(23)3)34-5-2)19-29(26(32)28-27(14-15-27)25(30)31)16-10-9-13-21-11-7-6-8-12-21/h6-8,11-12,17-18H,4-5,9-10,13-16,19H2,1-3H3,(H,28,32)(H,30,31). The van der Waals surface area contributed by atoms with Gasteiger partial charge < -0.3 is 24.8 Å². The van der Waals surface area contributed by atoms with Crippen LogP contribution in [0.25, 0.3) is 0 Å². The normalized spacial score (nSPS) is 13.7. The number of hydrogen-bond acceptors (Lipinski definition) is 4. The Labute approximate surface area is 202 Å². The fourth-order valence-corrected chi connectivity index (χ4v) is 3.97. The Morgan fingerprint density at radius 2 is 1.62 bits per heavy atom. The number of unbranched alkanes of at least 4 members (excludes halogenated alkanes) is 1. The van der Waals surface area contributed by atoms with E-state index in [1.165, 1.54) is 5.56 Å². The monoisotopic (exact) mass is 468 g/mol. The average Bonchev–Trinajstić information content (AvgIpc) is 3.60. The summed E-state index contributed by atoms with van der Waals surface area (Å²) in [7, 11) is 0. The molecule has 0 saturated heterocycles. The molecule has 34 heavy (non-hydrogen) atoms. The minimum atomic E-state index is -1.13. The maximum absolute atomic E-state index is 13.1. The van der Waals surface area contributed by atoms with Crippen molar-refractivity contribution in [3.8, 4) is 11.5 Å². The molecule has 1 aliphatic carbocycles. The molecule has 0 aromatic heterocycles. The Morgan fingerprint density at radius 1 is 1.00 bits per heavy atom. The van der Waals surface area contributed by atoms with Crippen molar-refractivity contribution in [2.75, 3.05) is 19.8 Å². The number of carbonyl (C=O) groups is 2. The van der Waals surface area contributed by atoms with E-state index >= 15 is 0 Å². The predicted octanol–water partition coefficient (Wildman–Crippen LogP) is 4.94. The zero-order valence-electron chi connectivity index (χ0n) is 20.4. The molecule has 0 radical (unpaired) electrons. The summed E-state index contributed by atoms with van der Waals surface area (Å²) in [4.78, 5) is 26.5. The van der Waals surface area contributed by atoms with Gasteiger partial charge in [-0.25, -0.2) is 9.59 Å². The zero-order chi connectivity index (χ0) is 24.6. The number of rotatable bonds is 13. The minimum absolute atomic E-state index is 0.341. The largest absolute Gasteiger partial charge is 0.493 e. The Kier molecular flexibility index (Phi) is 8.79. The second-order valence-electron chi connectivity index (χ2n) is 8.76. The van der Waals surface area contributed by atoms with Crippen LogP contribution in [0.15, 0.2) is 42.5 Å². The van der Waals surface area contributed by atoms with Gasteiger partial charge in [-0.2, -0.15) is 0 Å². The number of carbonyl (C=O) groups excluding carboxylic acids is 1. The second-order valence-corrected chi connectivity index (χ2v) is 8.76. The molecular weight excluding hydrogens is 432 g/mol. The van der Waals surface area contributed by atoms with Gasteiger partial charge in [0.15, 0.2) is 0 Å². The van der Waals surface area contributed by atoms with E-state index in [9.17, 15) is 14.7 Å². The molecule has 184 valence electrons. The fourth-order valence-electron chi connectivity index (χ4n) is 3.97. The second kappa shape index (κ2) is 11.8. The van der Waals surface area contributed by atoms with Gasteiger partial charge in [-0.15, -0.1) is 0 Å². The van der Waals surface area contributed by atoms with E-state index in [-0.39, 0.29) is 6.03 Å². The molecular formula is C27H36N2O5. The number of nitrogens with zero attached hydrogens (tertiary/aromatic N) is 1. The smallest absolute Gasteiger partial charge is 0.329 e. The third-order valence-electron chi connectivity index (χ3n) is 6.12. The van der Waals surface area contributed by atoms with Crippen LogP contribution < -0.4 is 14.8 Å². The van der Waals surface area contributed by atoms with Crippen LogP contribution in [0.4, 0.5) is 4.79 Å². The SMILES string of the molecule is CCOc1cc(CN(CCCCc2ccccc2)C(=O)NC2(C(=O)O)CC2)cc(OCC)c1C. The summed E-state index contributed by atoms with van der Waals surface area (Å²) in [5, 5.41) is 12.3. The Hall–Kier alpha value is -3.22. The van der Waals surface area contributed by atoms with Crippen molar-refractivity contribution < 1.29 is 24.2 Å². The first-order valence-electron chi connectivity index (χ1n) is 12.1. The van der Waals surface area contributed by atoms with Gasteiger partial charge in [0.05, 0.1) is 13.2 Å². The molecule has 2 amide bonds. The van der Waals surface area contributed by atoms with Crippen LogP contribution >= 0.6 is 0 Å². The lowest BCUT2D eigenvalue weighted by molar-refractivity contribution is -0.140. The van der Waals surface area contributed by atoms with E-state index < -0.39 is 11.5 Å². The number of nitrogens with one attached hydrogen (secondary N) is 1. The molecule has 0 unspecified atom stereocenters. The molecule has 1 aliphatic rings. The van der Waals surface area contributed by atoms with Crippen molar-refractivity contribution in [3.05, 3.63) is 59.2 Å². The van der Waals surface area contributed by atoms with E-state index in [1.54, 1.807) is 4.90 Å². The molecule has 0 heterocycles. The molecule has 2 aromatic rings. The number of urea groups is 1. The highest BCUT2D eigenvalue weighted by atomic mass is 16.5. The summed E-state index contributed by atoms with van der Waals surface area (Å²) >= 11 is 0. The third kappa shape index (κ3) is 6.65. The lowest BCUT2D eigenvalue weighted by atomic mass is 10.1. The zero-order valence-corrected chi connectivity index (χ0v) is 20.4. The lowest BCUT2D eigenvalue weighted by Gasteiger charge is -2.26. The van der Waals surface area contributed by atoms with Gasteiger partial charge in [-0.1, -0.05) is 30.3 Å². The first-order chi connectivity index (χ1) is 16.4. The molecule has 0 atom stereocenters. The van der Waals surface area contributed by atoms with E-state index in [1.807, 2.05) is 51.1 Å². The average molecular weight is 469 g/mol. The lowest BCUT2D eigenvalue weighted by Crippen LogP contribution is -2.49. The van der Waals surface area contributed by atoms with Crippen LogP contribution in [-0.4, -0.2) is 47.3 Å². The number of benzene rings is 2. The number of carboxylic acid groups (broad SMARTS) is 1. The number of hydrogen-bond donors (Lipinski definition) is 2. The van der Waals surface area contributed by atoms with E-state index in [2.05, 4.69) is 17.4 Å². The Balaban J connectivity index is 1.74. The molecule has 7 nitrogen and oxygen atoms in total. The van der Waals surface area contributed by atoms with Crippen molar-refractivity contribution >= 4 is 12.0 Å². The van der Waals surface area contributed by atoms with Crippen molar-refractivity contribution in [1.29, 1.82) is 0 Å². The molecule has 1 fully saturated rings. The van der Waals surface area contributed by atoms with Gasteiger partial charge in [0, 0.05) is 18.7 Å². The highest BCUT2D eigenvalue weighted by molar-refractivity contribution is 5.89. The molecule has 7 heteroatoms. The number of aryl methyl sites for hydroxylation is 1. The summed E-state index contributed by atoms with van der Waals surface area (Å²) in [6.07, 6.45) is 3.60. The highest BCUT2D eigenvalue weighted by Gasteiger charge is 2.52. The summed E-state index contributed by atoms with van der Waals surface area (Å²) in [6, 6.07) is 13.8. The molecule has 0 bridgehead atoms. The molecule has 2 N–H and O–H groups in total. The minimum Gasteiger partial charge on any atom is -0.493 e. The van der Waals surface area contributed by atoms with Crippen molar-refractivity contribution in [2.45, 2.75) is 65.0 Å². The molecule has 0 spiro atoms. The van der Waals surface area contributed by atoms with Crippen LogP contribution in [0.1, 0.15) is 56.2 Å². The van der Waals surface area contributed by atoms with Crippen LogP contribution in [0.3, 0.4) is 0 Å². The van der Waals surface area contributed by atoms with Gasteiger partial charge in [-0.05, 0) is 76.1 Å². The summed E-state index contributed by atoms with van der Waals surface area (Å²) in [5.41, 5.74) is 1.95. The summed E-state index contributed by atoms with van der Waals surface area (Å²) < 4.78 is 11.6. The fraction of sp³-hybridized carbons (Fsp3) is 0.481. The molecule has 0 aliphatic heterocycles. The summed E-state index contributed by atoms with van der Waals surface area (Å²) in [6.45, 7) is 7.74. The van der Waals surface area contributed by atoms with E-state index in [4.69, 9.17) is 9.47 Å². The van der Waals surface area contributed by atoms with Crippen LogP contribution in [0.5, 0.6) is 11.5 Å². The van der Waals surface area contributed by atoms with Gasteiger partial charge in [0.25, 0.3) is 0 Å². The number of aliphatic carboxylic acids is 1. The maximum Gasteiger partial charge on any atom is 0.329 e. The first kappa shape index (κ1) is 25.4. The molecule has 2 aromatic carbocycles. The number of ether oxygens (including phenoxy) is 2. The van der Waals surface area contributed by atoms with Gasteiger partial charge in [0.2, 0.25) is 0 Å². The predicted molar refractivity (Wildman–Crippen MR) is 131 cm³/mol. The third-order valence-corrected chi connectivity index (χ3v) is 6.12. The Bertz CT molecular complexity index is 945. The van der Waals surface area contributed by atoms with Crippen LogP contribution in [0.2, 0.25) is 0 Å². The maximum atomic E-state index is 13.1. The highest BCUT2D eigenvalue weighted by Crippen LogP contribution is 2.36.